The van der Waals surface area contributed by atoms with Gasteiger partial charge >= 0.3 is 0 Å². The molecule has 0 aliphatic carbocycles. The van der Waals surface area contributed by atoms with Crippen LogP contribution in [0.1, 0.15) is 19.3 Å². The molecular formula is C16H23N. The highest BCUT2D eigenvalue weighted by atomic mass is 15.1. The van der Waals surface area contributed by atoms with Crippen LogP contribution in [0, 0.1) is 0 Å². The fourth-order valence-electron chi connectivity index (χ4n) is 1.76. The zero-order valence-electron chi connectivity index (χ0n) is 10.9. The number of hydrogen-bond donors (Lipinski definition) is 0. The summed E-state index contributed by atoms with van der Waals surface area (Å²) in [5.74, 6) is 0. The van der Waals surface area contributed by atoms with E-state index in [-0.39, 0.29) is 0 Å². The number of allylic oxidation sites excluding steroid dienone is 6. The fraction of sp³-hybridized carbons (Fsp3) is 0.375. The van der Waals surface area contributed by atoms with E-state index in [0.29, 0.717) is 0 Å². The third kappa shape index (κ3) is 5.50. The van der Waals surface area contributed by atoms with E-state index in [0.717, 1.165) is 37.9 Å². The van der Waals surface area contributed by atoms with Crippen LogP contribution >= 0.6 is 0 Å². The molecule has 0 aromatic rings. The maximum absolute atomic E-state index is 4.14. The summed E-state index contributed by atoms with van der Waals surface area (Å²) in [6.45, 7) is 10.1. The molecule has 0 N–H and O–H groups in total. The van der Waals surface area contributed by atoms with E-state index in [4.69, 9.17) is 0 Å². The van der Waals surface area contributed by atoms with Gasteiger partial charge in [-0.15, -0.1) is 6.58 Å². The first-order chi connectivity index (χ1) is 8.24. The summed E-state index contributed by atoms with van der Waals surface area (Å²) in [7, 11) is 2.17. The Balaban J connectivity index is 2.65. The molecule has 0 amide bonds. The molecular weight excluding hydrogens is 206 g/mol. The third-order valence-corrected chi connectivity index (χ3v) is 2.91. The van der Waals surface area contributed by atoms with E-state index in [1.54, 1.807) is 0 Å². The molecule has 0 spiro atoms. The average Bonchev–Trinajstić information content (AvgIpc) is 2.42. The van der Waals surface area contributed by atoms with Crippen molar-refractivity contribution in [2.75, 3.05) is 20.1 Å². The molecule has 1 aliphatic rings. The maximum atomic E-state index is 4.14. The molecule has 0 fully saturated rings. The quantitative estimate of drug-likeness (QED) is 0.522. The molecule has 0 bridgehead atoms. The van der Waals surface area contributed by atoms with Crippen molar-refractivity contribution in [1.29, 1.82) is 0 Å². The van der Waals surface area contributed by atoms with E-state index in [1.807, 2.05) is 6.08 Å². The van der Waals surface area contributed by atoms with Crippen LogP contribution in [-0.4, -0.2) is 25.0 Å². The lowest BCUT2D eigenvalue weighted by molar-refractivity contribution is 0.346. The van der Waals surface area contributed by atoms with E-state index in [1.165, 1.54) is 5.57 Å². The molecule has 1 rings (SSSR count). The van der Waals surface area contributed by atoms with Gasteiger partial charge in [0.05, 0.1) is 0 Å². The zero-order chi connectivity index (χ0) is 12.5. The summed E-state index contributed by atoms with van der Waals surface area (Å²) in [5, 5.41) is 0. The zero-order valence-corrected chi connectivity index (χ0v) is 10.9. The summed E-state index contributed by atoms with van der Waals surface area (Å²) in [4.78, 5) is 2.37. The third-order valence-electron chi connectivity index (χ3n) is 2.91. The second kappa shape index (κ2) is 7.86. The lowest BCUT2D eigenvalue weighted by Gasteiger charge is -2.16. The molecule has 92 valence electrons. The normalized spacial score (nSPS) is 23.2. The topological polar surface area (TPSA) is 3.24 Å². The van der Waals surface area contributed by atoms with Crippen LogP contribution in [0.3, 0.4) is 0 Å². The van der Waals surface area contributed by atoms with E-state index in [2.05, 4.69) is 55.5 Å². The Bertz CT molecular complexity index is 345. The van der Waals surface area contributed by atoms with Gasteiger partial charge in [-0.2, -0.15) is 0 Å². The number of nitrogens with zero attached hydrogens (tertiary/aromatic N) is 1. The maximum Gasteiger partial charge on any atom is 0.00191 e. The van der Waals surface area contributed by atoms with Gasteiger partial charge in [-0.05, 0) is 37.5 Å². The Morgan fingerprint density at radius 3 is 3.06 bits per heavy atom. The highest BCUT2D eigenvalue weighted by Crippen LogP contribution is 2.16. The van der Waals surface area contributed by atoms with Crippen molar-refractivity contribution < 1.29 is 0 Å². The minimum atomic E-state index is 0.905. The Hall–Kier alpha value is -1.34. The minimum absolute atomic E-state index is 0.905. The van der Waals surface area contributed by atoms with Gasteiger partial charge in [0.25, 0.3) is 0 Å². The van der Waals surface area contributed by atoms with Crippen LogP contribution in [0.15, 0.2) is 60.8 Å². The van der Waals surface area contributed by atoms with Crippen molar-refractivity contribution >= 4 is 0 Å². The average molecular weight is 229 g/mol. The minimum Gasteiger partial charge on any atom is -0.306 e. The van der Waals surface area contributed by atoms with Gasteiger partial charge in [-0.1, -0.05) is 43.0 Å². The van der Waals surface area contributed by atoms with Crippen molar-refractivity contribution in [1.82, 2.24) is 4.90 Å². The second-order valence-corrected chi connectivity index (χ2v) is 4.41. The first kappa shape index (κ1) is 13.7. The van der Waals surface area contributed by atoms with Crippen LogP contribution in [0.25, 0.3) is 0 Å². The Kier molecular flexibility index (Phi) is 6.34. The first-order valence-corrected chi connectivity index (χ1v) is 6.25. The predicted molar refractivity (Wildman–Crippen MR) is 77.0 cm³/mol. The monoisotopic (exact) mass is 229 g/mol. The molecule has 0 atom stereocenters. The van der Waals surface area contributed by atoms with Gasteiger partial charge in [0.1, 0.15) is 0 Å². The highest BCUT2D eigenvalue weighted by molar-refractivity contribution is 5.39. The first-order valence-electron chi connectivity index (χ1n) is 6.25. The van der Waals surface area contributed by atoms with Crippen LogP contribution in [0.5, 0.6) is 0 Å². The molecule has 17 heavy (non-hydrogen) atoms. The molecule has 0 unspecified atom stereocenters. The smallest absolute Gasteiger partial charge is 0.00191 e. The molecule has 1 aliphatic heterocycles. The second-order valence-electron chi connectivity index (χ2n) is 4.41. The summed E-state index contributed by atoms with van der Waals surface area (Å²) in [5.41, 5.74) is 2.45. The van der Waals surface area contributed by atoms with Gasteiger partial charge in [-0.3, -0.25) is 0 Å². The van der Waals surface area contributed by atoms with Crippen LogP contribution < -0.4 is 0 Å². The van der Waals surface area contributed by atoms with Gasteiger partial charge in [0.2, 0.25) is 0 Å². The molecule has 0 aromatic carbocycles. The van der Waals surface area contributed by atoms with E-state index >= 15 is 0 Å². The predicted octanol–water partition coefficient (Wildman–Crippen LogP) is 3.88. The molecule has 0 aromatic heterocycles. The summed E-state index contributed by atoms with van der Waals surface area (Å²) in [6.07, 6.45) is 15.8. The molecule has 0 saturated carbocycles. The Morgan fingerprint density at radius 2 is 2.29 bits per heavy atom. The van der Waals surface area contributed by atoms with Gasteiger partial charge < -0.3 is 4.90 Å². The summed E-state index contributed by atoms with van der Waals surface area (Å²) < 4.78 is 0. The molecule has 1 heterocycles. The lowest BCUT2D eigenvalue weighted by atomic mass is 10.0. The number of hydrogen-bond acceptors (Lipinski definition) is 1. The largest absolute Gasteiger partial charge is 0.306 e. The fourth-order valence-corrected chi connectivity index (χ4v) is 1.76. The molecule has 0 radical (unpaired) electrons. The van der Waals surface area contributed by atoms with E-state index < -0.39 is 0 Å². The van der Waals surface area contributed by atoms with Gasteiger partial charge in [0, 0.05) is 13.1 Å². The van der Waals surface area contributed by atoms with E-state index in [9.17, 15) is 0 Å². The van der Waals surface area contributed by atoms with Crippen molar-refractivity contribution in [2.24, 2.45) is 0 Å². The Labute approximate surface area is 106 Å². The van der Waals surface area contributed by atoms with Gasteiger partial charge in [0.15, 0.2) is 0 Å². The van der Waals surface area contributed by atoms with Crippen LogP contribution in [-0.2, 0) is 0 Å². The summed E-state index contributed by atoms with van der Waals surface area (Å²) in [6, 6.07) is 0. The van der Waals surface area contributed by atoms with Crippen LogP contribution in [0.2, 0.25) is 0 Å². The van der Waals surface area contributed by atoms with Crippen molar-refractivity contribution in [3.05, 3.63) is 60.8 Å². The number of rotatable bonds is 4. The van der Waals surface area contributed by atoms with Crippen molar-refractivity contribution in [3.8, 4) is 0 Å². The highest BCUT2D eigenvalue weighted by Gasteiger charge is 2.04. The van der Waals surface area contributed by atoms with Crippen molar-refractivity contribution in [3.63, 3.8) is 0 Å². The summed E-state index contributed by atoms with van der Waals surface area (Å²) >= 11 is 0. The SMILES string of the molecule is C=CC/C=C\C(=C)/C1=C/C=C\CCN(C)CC1. The Morgan fingerprint density at radius 1 is 1.47 bits per heavy atom. The molecule has 1 heteroatoms. The van der Waals surface area contributed by atoms with Gasteiger partial charge in [-0.25, -0.2) is 0 Å². The lowest BCUT2D eigenvalue weighted by Crippen LogP contribution is -2.20. The standard InChI is InChI=1S/C16H23N/c1-4-5-7-10-15(2)16-11-8-6-9-13-17(3)14-12-16/h4,6-8,10-11H,1-2,5,9,12-14H2,3H3/b8-6-,10-7-,16-11+. The molecule has 0 saturated heterocycles. The van der Waals surface area contributed by atoms with Crippen molar-refractivity contribution in [2.45, 2.75) is 19.3 Å². The molecule has 1 nitrogen and oxygen atoms in total. The van der Waals surface area contributed by atoms with Crippen LogP contribution in [0.4, 0.5) is 0 Å².